The van der Waals surface area contributed by atoms with Crippen LogP contribution in [0, 0.1) is 0 Å². The molecular formula is C19H27N3O5. The van der Waals surface area contributed by atoms with Crippen molar-refractivity contribution in [3.8, 4) is 5.75 Å². The molecule has 0 aliphatic carbocycles. The van der Waals surface area contributed by atoms with Gasteiger partial charge in [-0.3, -0.25) is 14.5 Å². The van der Waals surface area contributed by atoms with E-state index < -0.39 is 12.1 Å². The number of carbonyl (C=O) groups is 2. The number of amides is 2. The molecule has 2 fully saturated rings. The maximum absolute atomic E-state index is 12.1. The highest BCUT2D eigenvalue weighted by atomic mass is 16.5. The van der Waals surface area contributed by atoms with Crippen LogP contribution in [0.3, 0.4) is 0 Å². The Balaban J connectivity index is 1.40. The van der Waals surface area contributed by atoms with E-state index in [0.29, 0.717) is 25.4 Å². The molecular weight excluding hydrogens is 350 g/mol. The minimum absolute atomic E-state index is 0.0901. The summed E-state index contributed by atoms with van der Waals surface area (Å²) in [5, 5.41) is 13.3. The van der Waals surface area contributed by atoms with Crippen molar-refractivity contribution in [3.63, 3.8) is 0 Å². The number of para-hydroxylation sites is 1. The van der Waals surface area contributed by atoms with Crippen molar-refractivity contribution in [1.29, 1.82) is 0 Å². The fraction of sp³-hybridized carbons (Fsp3) is 0.579. The molecule has 0 spiro atoms. The average Bonchev–Trinajstić information content (AvgIpc) is 3.01. The number of hydrogen-bond acceptors (Lipinski definition) is 6. The van der Waals surface area contributed by atoms with Crippen molar-refractivity contribution in [2.24, 2.45) is 0 Å². The van der Waals surface area contributed by atoms with E-state index >= 15 is 0 Å². The fourth-order valence-electron chi connectivity index (χ4n) is 3.39. The topological polar surface area (TPSA) is 91.3 Å². The van der Waals surface area contributed by atoms with Crippen LogP contribution < -0.4 is 10.1 Å². The van der Waals surface area contributed by atoms with Gasteiger partial charge in [-0.2, -0.15) is 0 Å². The lowest BCUT2D eigenvalue weighted by atomic mass is 10.1. The van der Waals surface area contributed by atoms with Crippen LogP contribution in [0.25, 0.3) is 0 Å². The van der Waals surface area contributed by atoms with Gasteiger partial charge in [0.2, 0.25) is 5.91 Å². The molecule has 3 rings (SSSR count). The lowest BCUT2D eigenvalue weighted by Crippen LogP contribution is -2.52. The van der Waals surface area contributed by atoms with E-state index in [1.54, 1.807) is 19.1 Å². The number of aliphatic hydroxyl groups excluding tert-OH is 1. The Morgan fingerprint density at radius 3 is 2.59 bits per heavy atom. The molecule has 2 heterocycles. The van der Waals surface area contributed by atoms with Gasteiger partial charge in [0, 0.05) is 39.6 Å². The summed E-state index contributed by atoms with van der Waals surface area (Å²) in [6.45, 7) is 5.22. The summed E-state index contributed by atoms with van der Waals surface area (Å²) < 4.78 is 11.1. The lowest BCUT2D eigenvalue weighted by molar-refractivity contribution is -0.130. The van der Waals surface area contributed by atoms with Crippen molar-refractivity contribution in [3.05, 3.63) is 30.3 Å². The molecule has 3 unspecified atom stereocenters. The second-order valence-electron chi connectivity index (χ2n) is 6.94. The van der Waals surface area contributed by atoms with Gasteiger partial charge < -0.3 is 24.8 Å². The standard InChI is InChI=1S/C19H27N3O5/c1-14(23)22-9-7-21(8-10-22)11-17-19(25)16(12-27-17)20-18(24)13-26-15-5-3-2-4-6-15/h2-6,16-17,19,25H,7-13H2,1H3,(H,20,24). The molecule has 2 amide bonds. The van der Waals surface area contributed by atoms with Crippen molar-refractivity contribution < 1.29 is 24.2 Å². The number of aliphatic hydroxyl groups is 1. The average molecular weight is 377 g/mol. The fourth-order valence-corrected chi connectivity index (χ4v) is 3.39. The summed E-state index contributed by atoms with van der Waals surface area (Å²) >= 11 is 0. The SMILES string of the molecule is CC(=O)N1CCN(CC2OCC(NC(=O)COc3ccccc3)C2O)CC1. The van der Waals surface area contributed by atoms with E-state index in [0.717, 1.165) is 13.1 Å². The second-order valence-corrected chi connectivity index (χ2v) is 6.94. The Morgan fingerprint density at radius 2 is 1.93 bits per heavy atom. The van der Waals surface area contributed by atoms with Gasteiger partial charge in [0.25, 0.3) is 5.91 Å². The molecule has 2 saturated heterocycles. The third kappa shape index (κ3) is 5.41. The summed E-state index contributed by atoms with van der Waals surface area (Å²) in [6, 6.07) is 8.66. The van der Waals surface area contributed by atoms with Gasteiger partial charge >= 0.3 is 0 Å². The number of nitrogens with zero attached hydrogens (tertiary/aromatic N) is 2. The molecule has 0 aromatic heterocycles. The molecule has 2 aliphatic rings. The number of piperazine rings is 1. The Bertz CT molecular complexity index is 633. The first-order chi connectivity index (χ1) is 13.0. The zero-order valence-corrected chi connectivity index (χ0v) is 15.5. The predicted octanol–water partition coefficient (Wildman–Crippen LogP) is -0.526. The van der Waals surface area contributed by atoms with E-state index in [1.165, 1.54) is 0 Å². The molecule has 0 bridgehead atoms. The van der Waals surface area contributed by atoms with Crippen LogP contribution in [-0.4, -0.2) is 90.9 Å². The van der Waals surface area contributed by atoms with Gasteiger partial charge in [-0.1, -0.05) is 18.2 Å². The van der Waals surface area contributed by atoms with Gasteiger partial charge in [-0.15, -0.1) is 0 Å². The van der Waals surface area contributed by atoms with Crippen molar-refractivity contribution in [2.75, 3.05) is 45.9 Å². The van der Waals surface area contributed by atoms with E-state index in [4.69, 9.17) is 9.47 Å². The normalized spacial score (nSPS) is 26.0. The van der Waals surface area contributed by atoms with E-state index in [2.05, 4.69) is 10.2 Å². The van der Waals surface area contributed by atoms with Crippen LogP contribution in [0.15, 0.2) is 30.3 Å². The molecule has 8 nitrogen and oxygen atoms in total. The van der Waals surface area contributed by atoms with E-state index in [1.807, 2.05) is 23.1 Å². The first-order valence-electron chi connectivity index (χ1n) is 9.27. The van der Waals surface area contributed by atoms with E-state index in [9.17, 15) is 14.7 Å². The van der Waals surface area contributed by atoms with Crippen molar-refractivity contribution in [1.82, 2.24) is 15.1 Å². The number of nitrogens with one attached hydrogen (secondary N) is 1. The zero-order chi connectivity index (χ0) is 19.2. The summed E-state index contributed by atoms with van der Waals surface area (Å²) in [7, 11) is 0. The zero-order valence-electron chi connectivity index (χ0n) is 15.5. The summed E-state index contributed by atoms with van der Waals surface area (Å²) in [5.41, 5.74) is 0. The quantitative estimate of drug-likeness (QED) is 0.693. The molecule has 0 saturated carbocycles. The molecule has 148 valence electrons. The number of carbonyl (C=O) groups excluding carboxylic acids is 2. The third-order valence-electron chi connectivity index (χ3n) is 5.00. The van der Waals surface area contributed by atoms with Crippen LogP contribution in [-0.2, 0) is 14.3 Å². The Labute approximate surface area is 159 Å². The second kappa shape index (κ2) is 9.16. The molecule has 1 aromatic rings. The minimum atomic E-state index is -0.767. The summed E-state index contributed by atoms with van der Waals surface area (Å²) in [4.78, 5) is 27.4. The van der Waals surface area contributed by atoms with E-state index in [-0.39, 0.29) is 31.1 Å². The molecule has 8 heteroatoms. The lowest BCUT2D eigenvalue weighted by Gasteiger charge is -2.35. The Hall–Kier alpha value is -2.16. The van der Waals surface area contributed by atoms with Gasteiger partial charge in [0.15, 0.2) is 6.61 Å². The van der Waals surface area contributed by atoms with Crippen LogP contribution in [0.1, 0.15) is 6.92 Å². The van der Waals surface area contributed by atoms with Gasteiger partial charge in [-0.25, -0.2) is 0 Å². The third-order valence-corrected chi connectivity index (χ3v) is 5.00. The predicted molar refractivity (Wildman–Crippen MR) is 98.3 cm³/mol. The molecule has 2 N–H and O–H groups in total. The first-order valence-corrected chi connectivity index (χ1v) is 9.27. The van der Waals surface area contributed by atoms with Crippen LogP contribution in [0.2, 0.25) is 0 Å². The molecule has 3 atom stereocenters. The largest absolute Gasteiger partial charge is 0.484 e. The maximum Gasteiger partial charge on any atom is 0.258 e. The minimum Gasteiger partial charge on any atom is -0.484 e. The van der Waals surface area contributed by atoms with Gasteiger partial charge in [0.1, 0.15) is 11.9 Å². The van der Waals surface area contributed by atoms with Crippen molar-refractivity contribution in [2.45, 2.75) is 25.2 Å². The highest BCUT2D eigenvalue weighted by molar-refractivity contribution is 5.78. The van der Waals surface area contributed by atoms with Crippen molar-refractivity contribution >= 4 is 11.8 Å². The van der Waals surface area contributed by atoms with Gasteiger partial charge in [0.05, 0.1) is 18.8 Å². The monoisotopic (exact) mass is 377 g/mol. The Kier molecular flexibility index (Phi) is 6.65. The molecule has 0 radical (unpaired) electrons. The number of benzene rings is 1. The number of rotatable bonds is 6. The molecule has 27 heavy (non-hydrogen) atoms. The summed E-state index contributed by atoms with van der Waals surface area (Å²) in [5.74, 6) is 0.424. The summed E-state index contributed by atoms with van der Waals surface area (Å²) in [6.07, 6.45) is -1.12. The highest BCUT2D eigenvalue weighted by Gasteiger charge is 2.38. The smallest absolute Gasteiger partial charge is 0.258 e. The number of ether oxygens (including phenoxy) is 2. The highest BCUT2D eigenvalue weighted by Crippen LogP contribution is 2.17. The number of hydrogen-bond donors (Lipinski definition) is 2. The van der Waals surface area contributed by atoms with Crippen LogP contribution >= 0.6 is 0 Å². The first kappa shape index (κ1) is 19.6. The molecule has 1 aromatic carbocycles. The van der Waals surface area contributed by atoms with Crippen LogP contribution in [0.4, 0.5) is 0 Å². The van der Waals surface area contributed by atoms with Gasteiger partial charge in [-0.05, 0) is 12.1 Å². The Morgan fingerprint density at radius 1 is 1.22 bits per heavy atom. The van der Waals surface area contributed by atoms with Crippen LogP contribution in [0.5, 0.6) is 5.75 Å². The molecule has 2 aliphatic heterocycles. The maximum atomic E-state index is 12.1.